The van der Waals surface area contributed by atoms with Gasteiger partial charge in [0.05, 0.1) is 7.11 Å². The van der Waals surface area contributed by atoms with Crippen molar-refractivity contribution in [2.45, 2.75) is 39.1 Å². The summed E-state index contributed by atoms with van der Waals surface area (Å²) >= 11 is 0. The molecular weight excluding hydrogens is 670 g/mol. The molecule has 0 bridgehead atoms. The van der Waals surface area contributed by atoms with Crippen molar-refractivity contribution in [2.75, 3.05) is 33.4 Å². The van der Waals surface area contributed by atoms with E-state index in [-0.39, 0.29) is 48.0 Å². The van der Waals surface area contributed by atoms with Gasteiger partial charge in [-0.25, -0.2) is 0 Å². The van der Waals surface area contributed by atoms with E-state index >= 15 is 0 Å². The molecule has 1 saturated heterocycles. The van der Waals surface area contributed by atoms with Crippen LogP contribution in [0.4, 0.5) is 0 Å². The van der Waals surface area contributed by atoms with Crippen LogP contribution in [0.5, 0.6) is 34.5 Å². The number of likely N-dealkylation sites (tertiary alicyclic amines) is 1. The van der Waals surface area contributed by atoms with E-state index < -0.39 is 5.43 Å². The lowest BCUT2D eigenvalue weighted by atomic mass is 10.1. The number of phenols is 1. The second kappa shape index (κ2) is 17.1. The first-order valence-electron chi connectivity index (χ1n) is 18.0. The zero-order valence-corrected chi connectivity index (χ0v) is 29.8. The number of hydrogen-bond acceptors (Lipinski definition) is 9. The van der Waals surface area contributed by atoms with Gasteiger partial charge >= 0.3 is 0 Å². The lowest BCUT2D eigenvalue weighted by molar-refractivity contribution is 0.183. The number of ether oxygens (including phenoxy) is 5. The van der Waals surface area contributed by atoms with E-state index in [9.17, 15) is 9.90 Å². The molecule has 5 aromatic carbocycles. The summed E-state index contributed by atoms with van der Waals surface area (Å²) in [5, 5.41) is 11.0. The standard InChI is InChI=1S/C44H43NO8/c1-48-44-41(47)40-36(46)26-35(49-23-22-45-20-12-5-13-21-45)27-37(40)53-42(44)34-24-38(50-28-31-14-6-2-7-15-31)43(52-30-33-18-10-4-11-19-33)39(25-34)51-29-32-16-8-3-9-17-32/h2-4,6-11,14-19,24-27,46H,5,12-13,20-23,28-30H2,1H3. The summed E-state index contributed by atoms with van der Waals surface area (Å²) in [6, 6.07) is 36.0. The third kappa shape index (κ3) is 8.76. The highest BCUT2D eigenvalue weighted by molar-refractivity contribution is 5.88. The Bertz CT molecular complexity index is 2100. The predicted molar refractivity (Wildman–Crippen MR) is 204 cm³/mol. The second-order valence-electron chi connectivity index (χ2n) is 13.0. The fraction of sp³-hybridized carbons (Fsp3) is 0.250. The van der Waals surface area contributed by atoms with E-state index in [1.165, 1.54) is 32.4 Å². The zero-order chi connectivity index (χ0) is 36.4. The van der Waals surface area contributed by atoms with Crippen LogP contribution in [0.1, 0.15) is 36.0 Å². The van der Waals surface area contributed by atoms with Gasteiger partial charge in [-0.3, -0.25) is 9.69 Å². The summed E-state index contributed by atoms with van der Waals surface area (Å²) in [6.45, 7) is 4.06. The summed E-state index contributed by atoms with van der Waals surface area (Å²) in [6.07, 6.45) is 3.63. The van der Waals surface area contributed by atoms with Crippen LogP contribution in [0.15, 0.2) is 124 Å². The molecule has 2 heterocycles. The van der Waals surface area contributed by atoms with Gasteiger partial charge < -0.3 is 33.2 Å². The zero-order valence-electron chi connectivity index (χ0n) is 29.8. The summed E-state index contributed by atoms with van der Waals surface area (Å²) in [5.41, 5.74) is 2.96. The van der Waals surface area contributed by atoms with Crippen LogP contribution in [0.25, 0.3) is 22.3 Å². The maximum absolute atomic E-state index is 13.9. The fourth-order valence-corrected chi connectivity index (χ4v) is 6.46. The van der Waals surface area contributed by atoms with E-state index in [0.29, 0.717) is 35.2 Å². The van der Waals surface area contributed by atoms with Gasteiger partial charge in [-0.05, 0) is 54.8 Å². The van der Waals surface area contributed by atoms with Crippen molar-refractivity contribution in [3.63, 3.8) is 0 Å². The highest BCUT2D eigenvalue weighted by atomic mass is 16.5. The number of nitrogens with zero attached hydrogens (tertiary/aromatic N) is 1. The molecule has 6 aromatic rings. The Morgan fingerprint density at radius 2 is 1.21 bits per heavy atom. The number of aromatic hydroxyl groups is 1. The predicted octanol–water partition coefficient (Wildman–Crippen LogP) is 8.78. The quantitative estimate of drug-likeness (QED) is 0.112. The van der Waals surface area contributed by atoms with Crippen molar-refractivity contribution in [3.8, 4) is 45.8 Å². The van der Waals surface area contributed by atoms with E-state index in [4.69, 9.17) is 28.1 Å². The fourth-order valence-electron chi connectivity index (χ4n) is 6.46. The topological polar surface area (TPSA) is 99.8 Å². The van der Waals surface area contributed by atoms with Gasteiger partial charge in [-0.15, -0.1) is 0 Å². The van der Waals surface area contributed by atoms with E-state index in [1.807, 2.05) is 91.0 Å². The average Bonchev–Trinajstić information content (AvgIpc) is 3.20. The van der Waals surface area contributed by atoms with Crippen LogP contribution < -0.4 is 29.1 Å². The molecule has 0 saturated carbocycles. The largest absolute Gasteiger partial charge is 0.507 e. The first-order valence-corrected chi connectivity index (χ1v) is 18.0. The number of benzene rings is 5. The Hall–Kier alpha value is -5.93. The van der Waals surface area contributed by atoms with Crippen molar-refractivity contribution in [1.82, 2.24) is 4.90 Å². The summed E-state index contributed by atoms with van der Waals surface area (Å²) in [7, 11) is 1.40. The third-order valence-electron chi connectivity index (χ3n) is 9.22. The Morgan fingerprint density at radius 1 is 0.660 bits per heavy atom. The first-order chi connectivity index (χ1) is 26.1. The Kier molecular flexibility index (Phi) is 11.4. The van der Waals surface area contributed by atoms with Crippen LogP contribution >= 0.6 is 0 Å². The first kappa shape index (κ1) is 35.5. The molecule has 0 unspecified atom stereocenters. The molecular formula is C44H43NO8. The molecule has 1 fully saturated rings. The maximum atomic E-state index is 13.9. The number of fused-ring (bicyclic) bond motifs is 1. The summed E-state index contributed by atoms with van der Waals surface area (Å²) < 4.78 is 37.5. The van der Waals surface area contributed by atoms with E-state index in [0.717, 1.165) is 36.3 Å². The second-order valence-corrected chi connectivity index (χ2v) is 13.0. The molecule has 0 amide bonds. The van der Waals surface area contributed by atoms with Gasteiger partial charge in [0.25, 0.3) is 0 Å². The normalized spacial score (nSPS) is 13.1. The molecule has 0 radical (unpaired) electrons. The minimum atomic E-state index is -0.524. The molecule has 272 valence electrons. The molecule has 9 heteroatoms. The van der Waals surface area contributed by atoms with Gasteiger partial charge in [0, 0.05) is 24.2 Å². The maximum Gasteiger partial charge on any atom is 0.239 e. The Morgan fingerprint density at radius 3 is 1.75 bits per heavy atom. The number of methoxy groups -OCH3 is 1. The molecule has 1 N–H and O–H groups in total. The summed E-state index contributed by atoms with van der Waals surface area (Å²) in [5.74, 6) is 1.37. The van der Waals surface area contributed by atoms with Crippen LogP contribution in [0, 0.1) is 0 Å². The molecule has 1 aliphatic rings. The minimum Gasteiger partial charge on any atom is -0.507 e. The smallest absolute Gasteiger partial charge is 0.239 e. The van der Waals surface area contributed by atoms with Gasteiger partial charge in [0.2, 0.25) is 16.9 Å². The van der Waals surface area contributed by atoms with Gasteiger partial charge in [0.15, 0.2) is 17.3 Å². The van der Waals surface area contributed by atoms with Crippen molar-refractivity contribution >= 4 is 11.0 Å². The van der Waals surface area contributed by atoms with Gasteiger partial charge in [0.1, 0.15) is 48.9 Å². The van der Waals surface area contributed by atoms with E-state index in [1.54, 1.807) is 18.2 Å². The molecule has 0 aliphatic carbocycles. The molecule has 0 atom stereocenters. The summed E-state index contributed by atoms with van der Waals surface area (Å²) in [4.78, 5) is 16.3. The monoisotopic (exact) mass is 713 g/mol. The van der Waals surface area contributed by atoms with Crippen LogP contribution in [-0.4, -0.2) is 43.4 Å². The van der Waals surface area contributed by atoms with Crippen molar-refractivity contribution in [2.24, 2.45) is 0 Å². The molecule has 1 aliphatic heterocycles. The van der Waals surface area contributed by atoms with Crippen LogP contribution in [0.3, 0.4) is 0 Å². The Balaban J connectivity index is 1.30. The molecule has 53 heavy (non-hydrogen) atoms. The SMILES string of the molecule is COc1c(-c2cc(OCc3ccccc3)c(OCc3ccccc3)c(OCc3ccccc3)c2)oc2cc(OCCN3CCCCC3)cc(O)c2c1=O. The van der Waals surface area contributed by atoms with Crippen molar-refractivity contribution < 1.29 is 33.2 Å². The number of rotatable bonds is 15. The highest BCUT2D eigenvalue weighted by Crippen LogP contribution is 2.45. The van der Waals surface area contributed by atoms with Crippen molar-refractivity contribution in [1.29, 1.82) is 0 Å². The lowest BCUT2D eigenvalue weighted by Crippen LogP contribution is -2.33. The Labute approximate surface area is 308 Å². The molecule has 1 aromatic heterocycles. The van der Waals surface area contributed by atoms with E-state index in [2.05, 4.69) is 4.90 Å². The van der Waals surface area contributed by atoms with Gasteiger partial charge in [-0.1, -0.05) is 97.4 Å². The number of piperidine rings is 1. The van der Waals surface area contributed by atoms with Crippen molar-refractivity contribution in [3.05, 3.63) is 142 Å². The highest BCUT2D eigenvalue weighted by Gasteiger charge is 2.25. The number of hydrogen-bond donors (Lipinski definition) is 1. The molecule has 9 nitrogen and oxygen atoms in total. The molecule has 7 rings (SSSR count). The van der Waals surface area contributed by atoms with Gasteiger partial charge in [-0.2, -0.15) is 0 Å². The third-order valence-corrected chi connectivity index (χ3v) is 9.22. The molecule has 0 spiro atoms. The minimum absolute atomic E-state index is 0.00195. The van der Waals surface area contributed by atoms with Crippen LogP contribution in [-0.2, 0) is 19.8 Å². The number of phenolic OH excluding ortho intramolecular Hbond substituents is 1. The average molecular weight is 714 g/mol. The lowest BCUT2D eigenvalue weighted by Gasteiger charge is -2.26. The van der Waals surface area contributed by atoms with Crippen LogP contribution in [0.2, 0.25) is 0 Å².